The molecule has 2 unspecified atom stereocenters. The topological polar surface area (TPSA) is 60.2 Å². The lowest BCUT2D eigenvalue weighted by atomic mass is 9.89. The number of nitrogens with two attached hydrogens (primary N) is 1. The van der Waals surface area contributed by atoms with Crippen LogP contribution in [0.3, 0.4) is 0 Å². The summed E-state index contributed by atoms with van der Waals surface area (Å²) in [4.78, 5) is 4.01. The molecule has 1 rings (SSSR count). The Labute approximate surface area is 104 Å². The van der Waals surface area contributed by atoms with Gasteiger partial charge in [-0.25, -0.2) is 0 Å². The Morgan fingerprint density at radius 2 is 2.06 bits per heavy atom. The van der Waals surface area contributed by atoms with Crippen molar-refractivity contribution in [3.05, 3.63) is 30.1 Å². The molecular weight excluding hydrogens is 214 g/mol. The molecule has 0 saturated heterocycles. The standard InChI is InChI=1S/C13H23N3O/c1-4-13(3,17-5-2)12(16-14)10-11-6-8-15-9-7-11/h6-9,12,16H,4-5,10,14H2,1-3H3. The first-order valence-corrected chi connectivity index (χ1v) is 6.15. The van der Waals surface area contributed by atoms with Crippen LogP contribution in [0.1, 0.15) is 32.8 Å². The van der Waals surface area contributed by atoms with Crippen LogP contribution in [0.4, 0.5) is 0 Å². The zero-order valence-electron chi connectivity index (χ0n) is 10.9. The molecule has 0 aliphatic heterocycles. The molecule has 1 heterocycles. The summed E-state index contributed by atoms with van der Waals surface area (Å²) in [7, 11) is 0. The van der Waals surface area contributed by atoms with E-state index in [1.807, 2.05) is 19.1 Å². The molecule has 17 heavy (non-hydrogen) atoms. The summed E-state index contributed by atoms with van der Waals surface area (Å²) >= 11 is 0. The first kappa shape index (κ1) is 14.1. The molecule has 0 bridgehead atoms. The molecule has 0 fully saturated rings. The summed E-state index contributed by atoms with van der Waals surface area (Å²) in [5.41, 5.74) is 3.85. The minimum absolute atomic E-state index is 0.0925. The average Bonchev–Trinajstić information content (AvgIpc) is 2.37. The molecule has 4 nitrogen and oxygen atoms in total. The van der Waals surface area contributed by atoms with Gasteiger partial charge in [0.2, 0.25) is 0 Å². The maximum Gasteiger partial charge on any atom is 0.0820 e. The van der Waals surface area contributed by atoms with E-state index < -0.39 is 0 Å². The zero-order valence-corrected chi connectivity index (χ0v) is 10.9. The number of aromatic nitrogens is 1. The van der Waals surface area contributed by atoms with Crippen LogP contribution in [-0.4, -0.2) is 23.2 Å². The summed E-state index contributed by atoms with van der Waals surface area (Å²) in [5, 5.41) is 0. The van der Waals surface area contributed by atoms with Gasteiger partial charge < -0.3 is 4.74 Å². The number of hydrogen-bond acceptors (Lipinski definition) is 4. The largest absolute Gasteiger partial charge is 0.374 e. The number of hydrogen-bond donors (Lipinski definition) is 2. The fraction of sp³-hybridized carbons (Fsp3) is 0.615. The minimum Gasteiger partial charge on any atom is -0.374 e. The van der Waals surface area contributed by atoms with Gasteiger partial charge in [-0.2, -0.15) is 0 Å². The maximum atomic E-state index is 5.85. The van der Waals surface area contributed by atoms with Crippen LogP contribution >= 0.6 is 0 Å². The van der Waals surface area contributed by atoms with Gasteiger partial charge in [-0.3, -0.25) is 16.3 Å². The van der Waals surface area contributed by atoms with Gasteiger partial charge in [0.1, 0.15) is 0 Å². The van der Waals surface area contributed by atoms with Crippen molar-refractivity contribution in [1.29, 1.82) is 0 Å². The number of ether oxygens (including phenoxy) is 1. The molecule has 1 aromatic rings. The normalized spacial score (nSPS) is 16.5. The lowest BCUT2D eigenvalue weighted by Crippen LogP contribution is -2.54. The first-order chi connectivity index (χ1) is 8.16. The molecule has 4 heteroatoms. The van der Waals surface area contributed by atoms with E-state index >= 15 is 0 Å². The lowest BCUT2D eigenvalue weighted by Gasteiger charge is -2.36. The van der Waals surface area contributed by atoms with E-state index in [1.165, 1.54) is 5.56 Å². The summed E-state index contributed by atoms with van der Waals surface area (Å²) in [5.74, 6) is 5.67. The molecule has 0 spiro atoms. The van der Waals surface area contributed by atoms with Crippen LogP contribution in [-0.2, 0) is 11.2 Å². The molecule has 0 aliphatic carbocycles. The van der Waals surface area contributed by atoms with Crippen molar-refractivity contribution in [3.63, 3.8) is 0 Å². The van der Waals surface area contributed by atoms with Gasteiger partial charge in [0, 0.05) is 19.0 Å². The molecule has 0 saturated carbocycles. The smallest absolute Gasteiger partial charge is 0.0820 e. The van der Waals surface area contributed by atoms with Gasteiger partial charge in [-0.05, 0) is 44.4 Å². The first-order valence-electron chi connectivity index (χ1n) is 6.15. The van der Waals surface area contributed by atoms with Crippen molar-refractivity contribution >= 4 is 0 Å². The van der Waals surface area contributed by atoms with Crippen LogP contribution in [0, 0.1) is 0 Å². The average molecular weight is 237 g/mol. The van der Waals surface area contributed by atoms with E-state index in [0.29, 0.717) is 6.61 Å². The fourth-order valence-electron chi connectivity index (χ4n) is 1.98. The van der Waals surface area contributed by atoms with Crippen LogP contribution in [0.5, 0.6) is 0 Å². The summed E-state index contributed by atoms with van der Waals surface area (Å²) in [6.07, 6.45) is 5.35. The second-order valence-corrected chi connectivity index (χ2v) is 4.38. The highest BCUT2D eigenvalue weighted by atomic mass is 16.5. The third kappa shape index (κ3) is 3.77. The van der Waals surface area contributed by atoms with E-state index in [0.717, 1.165) is 12.8 Å². The van der Waals surface area contributed by atoms with E-state index in [9.17, 15) is 0 Å². The Bertz CT molecular complexity index is 318. The quantitative estimate of drug-likeness (QED) is 0.559. The highest BCUT2D eigenvalue weighted by Crippen LogP contribution is 2.22. The predicted octanol–water partition coefficient (Wildman–Crippen LogP) is 1.66. The van der Waals surface area contributed by atoms with Gasteiger partial charge >= 0.3 is 0 Å². The number of nitrogens with zero attached hydrogens (tertiary/aromatic N) is 1. The van der Waals surface area contributed by atoms with Crippen LogP contribution < -0.4 is 11.3 Å². The van der Waals surface area contributed by atoms with Crippen molar-refractivity contribution in [2.45, 2.75) is 45.3 Å². The number of hydrazine groups is 1. The Morgan fingerprint density at radius 1 is 1.41 bits per heavy atom. The Kier molecular flexibility index (Phi) is 5.55. The summed E-state index contributed by atoms with van der Waals surface area (Å²) in [6, 6.07) is 4.11. The molecule has 2 atom stereocenters. The third-order valence-corrected chi connectivity index (χ3v) is 3.30. The maximum absolute atomic E-state index is 5.85. The second-order valence-electron chi connectivity index (χ2n) is 4.38. The summed E-state index contributed by atoms with van der Waals surface area (Å²) in [6.45, 7) is 6.92. The highest BCUT2D eigenvalue weighted by Gasteiger charge is 2.32. The van der Waals surface area contributed by atoms with Crippen LogP contribution in [0.2, 0.25) is 0 Å². The van der Waals surface area contributed by atoms with Gasteiger partial charge in [-0.15, -0.1) is 0 Å². The van der Waals surface area contributed by atoms with Gasteiger partial charge in [0.15, 0.2) is 0 Å². The molecule has 0 aliphatic rings. The second kappa shape index (κ2) is 6.69. The van der Waals surface area contributed by atoms with Crippen LogP contribution in [0.25, 0.3) is 0 Å². The Morgan fingerprint density at radius 3 is 2.53 bits per heavy atom. The zero-order chi connectivity index (χ0) is 12.7. The van der Waals surface area contributed by atoms with Crippen molar-refractivity contribution < 1.29 is 4.74 Å². The van der Waals surface area contributed by atoms with Crippen molar-refractivity contribution in [2.24, 2.45) is 5.84 Å². The SMILES string of the molecule is CCOC(C)(CC)C(Cc1ccncc1)NN. The molecular formula is C13H23N3O. The van der Waals surface area contributed by atoms with Crippen molar-refractivity contribution in [1.82, 2.24) is 10.4 Å². The fourth-order valence-corrected chi connectivity index (χ4v) is 1.98. The number of pyridine rings is 1. The molecule has 1 aromatic heterocycles. The molecule has 0 radical (unpaired) electrons. The van der Waals surface area contributed by atoms with Crippen molar-refractivity contribution in [3.8, 4) is 0 Å². The molecule has 0 aromatic carbocycles. The molecule has 96 valence electrons. The number of rotatable bonds is 7. The summed E-state index contributed by atoms with van der Waals surface area (Å²) < 4.78 is 5.85. The van der Waals surface area contributed by atoms with E-state index in [-0.39, 0.29) is 11.6 Å². The van der Waals surface area contributed by atoms with Crippen LogP contribution in [0.15, 0.2) is 24.5 Å². The highest BCUT2D eigenvalue weighted by molar-refractivity contribution is 5.13. The number of nitrogens with one attached hydrogen (secondary N) is 1. The minimum atomic E-state index is -0.243. The predicted molar refractivity (Wildman–Crippen MR) is 69.4 cm³/mol. The monoisotopic (exact) mass is 237 g/mol. The lowest BCUT2D eigenvalue weighted by molar-refractivity contribution is -0.0550. The van der Waals surface area contributed by atoms with Gasteiger partial charge in [0.05, 0.1) is 11.6 Å². The van der Waals surface area contributed by atoms with E-state index in [2.05, 4.69) is 24.3 Å². The molecule has 0 amide bonds. The Balaban J connectivity index is 2.76. The Hall–Kier alpha value is -0.970. The van der Waals surface area contributed by atoms with E-state index in [1.54, 1.807) is 12.4 Å². The van der Waals surface area contributed by atoms with E-state index in [4.69, 9.17) is 10.6 Å². The van der Waals surface area contributed by atoms with Gasteiger partial charge in [0.25, 0.3) is 0 Å². The van der Waals surface area contributed by atoms with Crippen molar-refractivity contribution in [2.75, 3.05) is 6.61 Å². The molecule has 3 N–H and O–H groups in total. The van der Waals surface area contributed by atoms with Gasteiger partial charge in [-0.1, -0.05) is 6.92 Å². The third-order valence-electron chi connectivity index (χ3n) is 3.30.